The lowest BCUT2D eigenvalue weighted by Crippen LogP contribution is -2.05. The number of benzene rings is 1. The largest absolute Gasteiger partial charge is 0.460 e. The molecule has 14 heavy (non-hydrogen) atoms. The molecule has 0 fully saturated rings. The highest BCUT2D eigenvalue weighted by molar-refractivity contribution is 14.1. The summed E-state index contributed by atoms with van der Waals surface area (Å²) in [6, 6.07) is 1.64. The summed E-state index contributed by atoms with van der Waals surface area (Å²) < 4.78 is 31.0. The van der Waals surface area contributed by atoms with Crippen LogP contribution in [0.3, 0.4) is 0 Å². The zero-order chi connectivity index (χ0) is 10.3. The van der Waals surface area contributed by atoms with Gasteiger partial charge >= 0.3 is 0 Å². The minimum Gasteiger partial charge on any atom is -0.460 e. The fourth-order valence-electron chi connectivity index (χ4n) is 1.14. The Hall–Kier alpha value is -0.980. The van der Waals surface area contributed by atoms with Gasteiger partial charge in [-0.15, -0.1) is 0 Å². The van der Waals surface area contributed by atoms with Crippen molar-refractivity contribution in [2.24, 2.45) is 0 Å². The van der Waals surface area contributed by atoms with Gasteiger partial charge in [-0.05, 0) is 28.7 Å². The minimum absolute atomic E-state index is 0.0746. The van der Waals surface area contributed by atoms with E-state index < -0.39 is 17.1 Å². The molecule has 2 aromatic rings. The molecule has 0 radical (unpaired) electrons. The Morgan fingerprint density at radius 2 is 2.00 bits per heavy atom. The summed E-state index contributed by atoms with van der Waals surface area (Å²) in [6.07, 6.45) is 1.15. The molecule has 0 saturated heterocycles. The maximum atomic E-state index is 13.1. The molecular formula is C9H3F2IO2. The maximum absolute atomic E-state index is 13.1. The Labute approximate surface area is 90.7 Å². The van der Waals surface area contributed by atoms with Crippen molar-refractivity contribution in [1.82, 2.24) is 0 Å². The molecule has 0 aliphatic carbocycles. The van der Waals surface area contributed by atoms with E-state index >= 15 is 0 Å². The van der Waals surface area contributed by atoms with Crippen LogP contribution in [0.1, 0.15) is 0 Å². The van der Waals surface area contributed by atoms with Gasteiger partial charge in [0, 0.05) is 6.07 Å². The van der Waals surface area contributed by atoms with Crippen molar-refractivity contribution >= 4 is 33.6 Å². The van der Waals surface area contributed by atoms with E-state index in [0.29, 0.717) is 9.64 Å². The van der Waals surface area contributed by atoms with E-state index in [9.17, 15) is 13.6 Å². The molecule has 0 saturated carbocycles. The van der Waals surface area contributed by atoms with Gasteiger partial charge in [-0.2, -0.15) is 0 Å². The predicted molar refractivity (Wildman–Crippen MR) is 55.1 cm³/mol. The van der Waals surface area contributed by atoms with Gasteiger partial charge in [0.15, 0.2) is 11.4 Å². The summed E-state index contributed by atoms with van der Waals surface area (Å²) >= 11 is 1.74. The molecule has 2 rings (SSSR count). The van der Waals surface area contributed by atoms with Crippen LogP contribution in [0, 0.1) is 15.2 Å². The highest BCUT2D eigenvalue weighted by Crippen LogP contribution is 2.17. The van der Waals surface area contributed by atoms with Crippen LogP contribution < -0.4 is 5.43 Å². The summed E-state index contributed by atoms with van der Waals surface area (Å²) in [4.78, 5) is 11.4. The average Bonchev–Trinajstić information content (AvgIpc) is 2.12. The van der Waals surface area contributed by atoms with Crippen molar-refractivity contribution in [3.8, 4) is 0 Å². The molecule has 0 aliphatic heterocycles. The normalized spacial score (nSPS) is 10.8. The van der Waals surface area contributed by atoms with Gasteiger partial charge in [-0.3, -0.25) is 4.79 Å². The highest BCUT2D eigenvalue weighted by atomic mass is 127. The number of hydrogen-bond acceptors (Lipinski definition) is 2. The number of rotatable bonds is 0. The lowest BCUT2D eigenvalue weighted by molar-refractivity contribution is 0.536. The second kappa shape index (κ2) is 3.30. The third kappa shape index (κ3) is 1.41. The topological polar surface area (TPSA) is 30.2 Å². The van der Waals surface area contributed by atoms with E-state index in [1.807, 2.05) is 0 Å². The van der Waals surface area contributed by atoms with Gasteiger partial charge in [-0.1, -0.05) is 0 Å². The summed E-state index contributed by atoms with van der Waals surface area (Å²) in [6.45, 7) is 0. The van der Waals surface area contributed by atoms with E-state index in [1.54, 1.807) is 22.6 Å². The van der Waals surface area contributed by atoms with Crippen LogP contribution in [0.25, 0.3) is 11.0 Å². The quantitative estimate of drug-likeness (QED) is 0.701. The van der Waals surface area contributed by atoms with Crippen LogP contribution in [-0.4, -0.2) is 0 Å². The number of halogens is 3. The molecule has 72 valence electrons. The Bertz CT molecular complexity index is 562. The Balaban J connectivity index is 3.03. The summed E-state index contributed by atoms with van der Waals surface area (Å²) in [5, 5.41) is -0.0746. The van der Waals surface area contributed by atoms with Crippen LogP contribution in [0.5, 0.6) is 0 Å². The predicted octanol–water partition coefficient (Wildman–Crippen LogP) is 2.68. The molecule has 0 bridgehead atoms. The van der Waals surface area contributed by atoms with Crippen LogP contribution in [0.2, 0.25) is 0 Å². The molecule has 0 amide bonds. The lowest BCUT2D eigenvalue weighted by atomic mass is 10.2. The molecule has 2 nitrogen and oxygen atoms in total. The molecule has 1 aromatic heterocycles. The van der Waals surface area contributed by atoms with Crippen LogP contribution in [0.15, 0.2) is 27.6 Å². The number of hydrogen-bond donors (Lipinski definition) is 0. The van der Waals surface area contributed by atoms with Gasteiger partial charge < -0.3 is 4.42 Å². The molecule has 0 atom stereocenters. The first-order valence-electron chi connectivity index (χ1n) is 3.65. The van der Waals surface area contributed by atoms with E-state index in [1.165, 1.54) is 0 Å². The first kappa shape index (κ1) is 9.57. The van der Waals surface area contributed by atoms with Gasteiger partial charge in [-0.25, -0.2) is 8.78 Å². The summed E-state index contributed by atoms with van der Waals surface area (Å²) in [7, 11) is 0. The summed E-state index contributed by atoms with van der Waals surface area (Å²) in [5.41, 5.74) is -0.637. The van der Waals surface area contributed by atoms with Crippen molar-refractivity contribution in [1.29, 1.82) is 0 Å². The Morgan fingerprint density at radius 1 is 1.29 bits per heavy atom. The van der Waals surface area contributed by atoms with Crippen molar-refractivity contribution < 1.29 is 13.2 Å². The lowest BCUT2D eigenvalue weighted by Gasteiger charge is -1.98. The zero-order valence-electron chi connectivity index (χ0n) is 6.68. The molecule has 0 aliphatic rings. The fourth-order valence-corrected chi connectivity index (χ4v) is 1.56. The second-order valence-electron chi connectivity index (χ2n) is 2.68. The second-order valence-corrected chi connectivity index (χ2v) is 3.84. The van der Waals surface area contributed by atoms with Gasteiger partial charge in [0.05, 0.1) is 8.96 Å². The van der Waals surface area contributed by atoms with E-state index in [0.717, 1.165) is 12.3 Å². The summed E-state index contributed by atoms with van der Waals surface area (Å²) in [5.74, 6) is -1.65. The van der Waals surface area contributed by atoms with Crippen molar-refractivity contribution in [2.75, 3.05) is 0 Å². The standard InChI is InChI=1S/C9H3F2IO2/c10-4-1-5-8(13)7(12)3-14-9(5)6(11)2-4/h1-3H. The molecule has 1 aromatic carbocycles. The minimum atomic E-state index is -0.867. The molecular weight excluding hydrogens is 305 g/mol. The third-order valence-electron chi connectivity index (χ3n) is 1.75. The van der Waals surface area contributed by atoms with Crippen molar-refractivity contribution in [3.05, 3.63) is 43.8 Å². The monoisotopic (exact) mass is 308 g/mol. The van der Waals surface area contributed by atoms with E-state index in [2.05, 4.69) is 0 Å². The zero-order valence-corrected chi connectivity index (χ0v) is 8.84. The van der Waals surface area contributed by atoms with Crippen LogP contribution >= 0.6 is 22.6 Å². The van der Waals surface area contributed by atoms with Gasteiger partial charge in [0.1, 0.15) is 12.1 Å². The average molecular weight is 308 g/mol. The fraction of sp³-hybridized carbons (Fsp3) is 0. The van der Waals surface area contributed by atoms with Gasteiger partial charge in [0.25, 0.3) is 0 Å². The first-order chi connectivity index (χ1) is 6.59. The Kier molecular flexibility index (Phi) is 2.26. The van der Waals surface area contributed by atoms with Crippen molar-refractivity contribution in [2.45, 2.75) is 0 Å². The first-order valence-corrected chi connectivity index (χ1v) is 4.73. The third-order valence-corrected chi connectivity index (χ3v) is 2.49. The number of fused-ring (bicyclic) bond motifs is 1. The smallest absolute Gasteiger partial charge is 0.206 e. The van der Waals surface area contributed by atoms with Crippen LogP contribution in [-0.2, 0) is 0 Å². The molecule has 0 unspecified atom stereocenters. The van der Waals surface area contributed by atoms with E-state index in [4.69, 9.17) is 4.42 Å². The maximum Gasteiger partial charge on any atom is 0.206 e. The molecule has 0 spiro atoms. The van der Waals surface area contributed by atoms with Gasteiger partial charge in [0.2, 0.25) is 5.43 Å². The molecule has 0 N–H and O–H groups in total. The molecule has 5 heteroatoms. The molecule has 1 heterocycles. The van der Waals surface area contributed by atoms with E-state index in [-0.39, 0.29) is 11.0 Å². The van der Waals surface area contributed by atoms with Crippen LogP contribution in [0.4, 0.5) is 8.78 Å². The van der Waals surface area contributed by atoms with Crippen molar-refractivity contribution in [3.63, 3.8) is 0 Å². The Morgan fingerprint density at radius 3 is 2.71 bits per heavy atom. The SMILES string of the molecule is O=c1c(I)coc2c(F)cc(F)cc12. The highest BCUT2D eigenvalue weighted by Gasteiger charge is 2.10.